The highest BCUT2D eigenvalue weighted by atomic mass is 19.4. The Balaban J connectivity index is 2.85. The lowest BCUT2D eigenvalue weighted by atomic mass is 10.1. The molecule has 68 valence electrons. The SMILES string of the molecule is N[C@@H](c1c[nH]c(O)c1)C(F)(F)F. The lowest BCUT2D eigenvalue weighted by Gasteiger charge is -2.13. The van der Waals surface area contributed by atoms with E-state index in [1.54, 1.807) is 0 Å². The van der Waals surface area contributed by atoms with Crippen LogP contribution in [0.25, 0.3) is 0 Å². The van der Waals surface area contributed by atoms with Crippen LogP contribution >= 0.6 is 0 Å². The molecule has 0 bridgehead atoms. The first kappa shape index (κ1) is 8.92. The molecule has 12 heavy (non-hydrogen) atoms. The van der Waals surface area contributed by atoms with Gasteiger partial charge in [0.25, 0.3) is 0 Å². The summed E-state index contributed by atoms with van der Waals surface area (Å²) in [5, 5.41) is 8.69. The van der Waals surface area contributed by atoms with Crippen LogP contribution in [0.4, 0.5) is 13.2 Å². The molecule has 0 amide bonds. The molecule has 3 nitrogen and oxygen atoms in total. The van der Waals surface area contributed by atoms with Crippen LogP contribution in [-0.4, -0.2) is 16.3 Å². The van der Waals surface area contributed by atoms with Crippen LogP contribution in [0, 0.1) is 0 Å². The largest absolute Gasteiger partial charge is 0.495 e. The molecule has 1 rings (SSSR count). The van der Waals surface area contributed by atoms with Crippen molar-refractivity contribution in [3.05, 3.63) is 17.8 Å². The van der Waals surface area contributed by atoms with E-state index < -0.39 is 12.2 Å². The normalized spacial score (nSPS) is 14.7. The molecule has 0 spiro atoms. The van der Waals surface area contributed by atoms with E-state index >= 15 is 0 Å². The highest BCUT2D eigenvalue weighted by Crippen LogP contribution is 2.31. The summed E-state index contributed by atoms with van der Waals surface area (Å²) in [5.74, 6) is -0.329. The van der Waals surface area contributed by atoms with E-state index in [1.807, 2.05) is 0 Å². The van der Waals surface area contributed by atoms with Gasteiger partial charge in [-0.1, -0.05) is 0 Å². The van der Waals surface area contributed by atoms with Gasteiger partial charge in [-0.05, 0) is 5.56 Å². The van der Waals surface area contributed by atoms with Gasteiger partial charge in [0, 0.05) is 12.3 Å². The van der Waals surface area contributed by atoms with E-state index in [9.17, 15) is 13.2 Å². The minimum Gasteiger partial charge on any atom is -0.495 e. The Morgan fingerprint density at radius 2 is 2.08 bits per heavy atom. The molecule has 0 fully saturated rings. The molecule has 0 aliphatic carbocycles. The Kier molecular flexibility index (Phi) is 2.01. The maximum atomic E-state index is 11.9. The molecule has 1 aromatic heterocycles. The van der Waals surface area contributed by atoms with Crippen molar-refractivity contribution < 1.29 is 18.3 Å². The zero-order valence-corrected chi connectivity index (χ0v) is 5.89. The fourth-order valence-corrected chi connectivity index (χ4v) is 0.767. The van der Waals surface area contributed by atoms with Gasteiger partial charge in [-0.3, -0.25) is 0 Å². The smallest absolute Gasteiger partial charge is 0.407 e. The van der Waals surface area contributed by atoms with Gasteiger partial charge < -0.3 is 15.8 Å². The molecule has 1 aromatic rings. The summed E-state index contributed by atoms with van der Waals surface area (Å²) >= 11 is 0. The van der Waals surface area contributed by atoms with Gasteiger partial charge in [-0.25, -0.2) is 0 Å². The molecule has 1 heterocycles. The topological polar surface area (TPSA) is 62.0 Å². The summed E-state index contributed by atoms with van der Waals surface area (Å²) in [6.07, 6.45) is -3.46. The predicted molar refractivity (Wildman–Crippen MR) is 35.4 cm³/mol. The Morgan fingerprint density at radius 1 is 1.50 bits per heavy atom. The molecular formula is C6H7F3N2O. The number of nitrogens with two attached hydrogens (primary N) is 1. The molecule has 6 heteroatoms. The molecule has 0 aliphatic rings. The molecule has 0 unspecified atom stereocenters. The van der Waals surface area contributed by atoms with Crippen LogP contribution in [0.15, 0.2) is 12.3 Å². The van der Waals surface area contributed by atoms with Crippen molar-refractivity contribution in [3.8, 4) is 5.88 Å². The van der Waals surface area contributed by atoms with Gasteiger partial charge in [0.1, 0.15) is 6.04 Å². The van der Waals surface area contributed by atoms with E-state index in [0.717, 1.165) is 12.3 Å². The highest BCUT2D eigenvalue weighted by Gasteiger charge is 2.38. The Morgan fingerprint density at radius 3 is 2.42 bits per heavy atom. The van der Waals surface area contributed by atoms with E-state index in [1.165, 1.54) is 0 Å². The minimum absolute atomic E-state index is 0.181. The number of hydrogen-bond donors (Lipinski definition) is 3. The minimum atomic E-state index is -4.48. The fraction of sp³-hybridized carbons (Fsp3) is 0.333. The van der Waals surface area contributed by atoms with Crippen molar-refractivity contribution in [1.29, 1.82) is 0 Å². The summed E-state index contributed by atoms with van der Waals surface area (Å²) in [4.78, 5) is 2.20. The summed E-state index contributed by atoms with van der Waals surface area (Å²) in [7, 11) is 0. The van der Waals surface area contributed by atoms with E-state index in [4.69, 9.17) is 10.8 Å². The first-order valence-electron chi connectivity index (χ1n) is 3.11. The number of aromatic hydroxyl groups is 1. The lowest BCUT2D eigenvalue weighted by molar-refractivity contribution is -0.149. The molecular weight excluding hydrogens is 173 g/mol. The first-order chi connectivity index (χ1) is 5.41. The van der Waals surface area contributed by atoms with E-state index in [-0.39, 0.29) is 11.4 Å². The summed E-state index contributed by atoms with van der Waals surface area (Å²) in [5.41, 5.74) is 4.65. The third-order valence-electron chi connectivity index (χ3n) is 1.40. The van der Waals surface area contributed by atoms with Crippen molar-refractivity contribution in [1.82, 2.24) is 4.98 Å². The molecule has 0 aliphatic heterocycles. The summed E-state index contributed by atoms with van der Waals surface area (Å²) in [6, 6.07) is -1.10. The van der Waals surface area contributed by atoms with Crippen molar-refractivity contribution >= 4 is 0 Å². The molecule has 0 saturated carbocycles. The van der Waals surface area contributed by atoms with E-state index in [0.29, 0.717) is 0 Å². The van der Waals surface area contributed by atoms with Crippen LogP contribution in [0.2, 0.25) is 0 Å². The molecule has 1 atom stereocenters. The zero-order chi connectivity index (χ0) is 9.35. The van der Waals surface area contributed by atoms with Crippen LogP contribution in [-0.2, 0) is 0 Å². The highest BCUT2D eigenvalue weighted by molar-refractivity contribution is 5.23. The second kappa shape index (κ2) is 2.71. The second-order valence-corrected chi connectivity index (χ2v) is 2.34. The number of hydrogen-bond acceptors (Lipinski definition) is 2. The monoisotopic (exact) mass is 180 g/mol. The van der Waals surface area contributed by atoms with Gasteiger partial charge in [0.2, 0.25) is 0 Å². The average Bonchev–Trinajstić information content (AvgIpc) is 2.32. The molecule has 4 N–H and O–H groups in total. The van der Waals surface area contributed by atoms with Crippen molar-refractivity contribution in [3.63, 3.8) is 0 Å². The van der Waals surface area contributed by atoms with Crippen LogP contribution in [0.3, 0.4) is 0 Å². The Bertz CT molecular complexity index is 268. The number of halogens is 3. The lowest BCUT2D eigenvalue weighted by Crippen LogP contribution is -2.27. The van der Waals surface area contributed by atoms with Crippen LogP contribution in [0.5, 0.6) is 5.88 Å². The molecule has 0 saturated heterocycles. The van der Waals surface area contributed by atoms with Crippen LogP contribution in [0.1, 0.15) is 11.6 Å². The number of aromatic amines is 1. The second-order valence-electron chi connectivity index (χ2n) is 2.34. The number of alkyl halides is 3. The zero-order valence-electron chi connectivity index (χ0n) is 5.89. The van der Waals surface area contributed by atoms with Gasteiger partial charge in [-0.15, -0.1) is 0 Å². The van der Waals surface area contributed by atoms with E-state index in [2.05, 4.69) is 4.98 Å². The number of rotatable bonds is 1. The van der Waals surface area contributed by atoms with Crippen molar-refractivity contribution in [2.75, 3.05) is 0 Å². The van der Waals surface area contributed by atoms with Crippen molar-refractivity contribution in [2.24, 2.45) is 5.73 Å². The van der Waals surface area contributed by atoms with Gasteiger partial charge >= 0.3 is 6.18 Å². The van der Waals surface area contributed by atoms with Gasteiger partial charge in [-0.2, -0.15) is 13.2 Å². The summed E-state index contributed by atoms with van der Waals surface area (Å²) < 4.78 is 35.8. The van der Waals surface area contributed by atoms with Crippen molar-refractivity contribution in [2.45, 2.75) is 12.2 Å². The number of H-pyrrole nitrogens is 1. The number of nitrogens with one attached hydrogen (secondary N) is 1. The third-order valence-corrected chi connectivity index (χ3v) is 1.40. The third kappa shape index (κ3) is 1.70. The standard InChI is InChI=1S/C6H7F3N2O/c7-6(8,9)5(10)3-1-4(12)11-2-3/h1-2,5,11-12H,10H2/t5-/m0/s1. The van der Waals surface area contributed by atoms with Gasteiger partial charge in [0.15, 0.2) is 5.88 Å². The summed E-state index contributed by atoms with van der Waals surface area (Å²) in [6.45, 7) is 0. The maximum Gasteiger partial charge on any atom is 0.407 e. The number of aromatic nitrogens is 1. The average molecular weight is 180 g/mol. The first-order valence-corrected chi connectivity index (χ1v) is 3.11. The van der Waals surface area contributed by atoms with Gasteiger partial charge in [0.05, 0.1) is 0 Å². The Hall–Kier alpha value is -1.17. The molecule has 0 aromatic carbocycles. The Labute approximate surface area is 66.0 Å². The fourth-order valence-electron chi connectivity index (χ4n) is 0.767. The maximum absolute atomic E-state index is 11.9. The molecule has 0 radical (unpaired) electrons. The predicted octanol–water partition coefficient (Wildman–Crippen LogP) is 1.28. The quantitative estimate of drug-likeness (QED) is 0.609. The van der Waals surface area contributed by atoms with Crippen LogP contribution < -0.4 is 5.73 Å².